The molecule has 1 aromatic rings. The maximum Gasteiger partial charge on any atom is 0.0174 e. The van der Waals surface area contributed by atoms with Gasteiger partial charge in [-0.15, -0.1) is 0 Å². The van der Waals surface area contributed by atoms with Gasteiger partial charge in [0, 0.05) is 6.21 Å². The fraction of sp³-hybridized carbons (Fsp3) is 0.182. The summed E-state index contributed by atoms with van der Waals surface area (Å²) in [7, 11) is 0. The van der Waals surface area contributed by atoms with Crippen LogP contribution in [0.15, 0.2) is 36.4 Å². The fourth-order valence-corrected chi connectivity index (χ4v) is 1.11. The van der Waals surface area contributed by atoms with Crippen molar-refractivity contribution in [1.82, 2.24) is 0 Å². The molecule has 0 bridgehead atoms. The predicted molar refractivity (Wildman–Crippen MR) is 52.8 cm³/mol. The highest BCUT2D eigenvalue weighted by atomic mass is 14.3. The third-order valence-electron chi connectivity index (χ3n) is 1.67. The van der Waals surface area contributed by atoms with Gasteiger partial charge in [-0.2, -0.15) is 0 Å². The lowest BCUT2D eigenvalue weighted by molar-refractivity contribution is 1.25. The molecule has 0 heterocycles. The van der Waals surface area contributed by atoms with Crippen molar-refractivity contribution in [3.05, 3.63) is 47.5 Å². The summed E-state index contributed by atoms with van der Waals surface area (Å²) in [5, 5.41) is 6.80. The number of rotatable bonds is 3. The Balaban J connectivity index is 2.63. The first-order valence-electron chi connectivity index (χ1n) is 4.04. The first-order valence-corrected chi connectivity index (χ1v) is 4.04. The second-order valence-corrected chi connectivity index (χ2v) is 2.79. The van der Waals surface area contributed by atoms with E-state index in [-0.39, 0.29) is 0 Å². The number of allylic oxidation sites excluding steroid dienone is 2. The molecule has 1 rings (SSSR count). The summed E-state index contributed by atoms with van der Waals surface area (Å²) in [4.78, 5) is 0. The van der Waals surface area contributed by atoms with Crippen molar-refractivity contribution >= 4 is 6.21 Å². The number of hydrogen-bond acceptors (Lipinski definition) is 1. The monoisotopic (exact) mass is 159 g/mol. The standard InChI is InChI=1S/C11H13N/c1-10-5-4-7-11(9-10)6-2-3-8-12/h2-5,7-9,12H,6H2,1H3/b3-2-,12-8?. The van der Waals surface area contributed by atoms with Gasteiger partial charge in [-0.05, 0) is 25.0 Å². The maximum absolute atomic E-state index is 6.80. The molecule has 0 aromatic heterocycles. The molecule has 62 valence electrons. The number of aryl methyl sites for hydroxylation is 1. The molecule has 0 amide bonds. The van der Waals surface area contributed by atoms with E-state index in [1.807, 2.05) is 6.08 Å². The van der Waals surface area contributed by atoms with Gasteiger partial charge in [0.15, 0.2) is 0 Å². The Bertz CT molecular complexity index is 287. The van der Waals surface area contributed by atoms with Crippen LogP contribution in [-0.4, -0.2) is 6.21 Å². The van der Waals surface area contributed by atoms with Crippen LogP contribution in [0.25, 0.3) is 0 Å². The molecular weight excluding hydrogens is 146 g/mol. The number of nitrogens with one attached hydrogen (secondary N) is 1. The molecule has 12 heavy (non-hydrogen) atoms. The topological polar surface area (TPSA) is 23.9 Å². The Morgan fingerprint density at radius 3 is 2.92 bits per heavy atom. The molecule has 0 atom stereocenters. The number of hydrogen-bond donors (Lipinski definition) is 1. The van der Waals surface area contributed by atoms with Crippen LogP contribution in [0.5, 0.6) is 0 Å². The molecule has 0 aliphatic rings. The molecule has 1 heteroatoms. The highest BCUT2D eigenvalue weighted by Crippen LogP contribution is 2.04. The zero-order valence-electron chi connectivity index (χ0n) is 7.25. The Labute approximate surface area is 73.3 Å². The maximum atomic E-state index is 6.80. The van der Waals surface area contributed by atoms with Crippen LogP contribution < -0.4 is 0 Å². The predicted octanol–water partition coefficient (Wildman–Crippen LogP) is 2.74. The summed E-state index contributed by atoms with van der Waals surface area (Å²) in [5.74, 6) is 0. The quantitative estimate of drug-likeness (QED) is 0.656. The van der Waals surface area contributed by atoms with Crippen LogP contribution in [0.4, 0.5) is 0 Å². The van der Waals surface area contributed by atoms with Crippen molar-refractivity contribution in [3.8, 4) is 0 Å². The van der Waals surface area contributed by atoms with E-state index in [2.05, 4.69) is 31.2 Å². The van der Waals surface area contributed by atoms with Crippen LogP contribution in [0, 0.1) is 12.3 Å². The second kappa shape index (κ2) is 4.50. The molecule has 0 unspecified atom stereocenters. The van der Waals surface area contributed by atoms with Gasteiger partial charge >= 0.3 is 0 Å². The molecule has 1 aromatic carbocycles. The molecule has 1 nitrogen and oxygen atoms in total. The minimum absolute atomic E-state index is 0.914. The lowest BCUT2D eigenvalue weighted by Gasteiger charge is -1.96. The Morgan fingerprint density at radius 1 is 1.42 bits per heavy atom. The molecule has 0 spiro atoms. The molecule has 1 N–H and O–H groups in total. The lowest BCUT2D eigenvalue weighted by Crippen LogP contribution is -1.81. The SMILES string of the molecule is Cc1cccc(C/C=C\C=N)c1. The van der Waals surface area contributed by atoms with Gasteiger partial charge in [0.25, 0.3) is 0 Å². The van der Waals surface area contributed by atoms with E-state index in [0.717, 1.165) is 6.42 Å². The van der Waals surface area contributed by atoms with Crippen LogP contribution in [0.3, 0.4) is 0 Å². The van der Waals surface area contributed by atoms with Gasteiger partial charge in [-0.1, -0.05) is 35.9 Å². The Kier molecular flexibility index (Phi) is 3.27. The van der Waals surface area contributed by atoms with Gasteiger partial charge in [0.05, 0.1) is 0 Å². The fourth-order valence-electron chi connectivity index (χ4n) is 1.11. The van der Waals surface area contributed by atoms with Gasteiger partial charge in [-0.3, -0.25) is 0 Å². The van der Waals surface area contributed by atoms with Gasteiger partial charge in [-0.25, -0.2) is 0 Å². The average Bonchev–Trinajstić information content (AvgIpc) is 2.05. The van der Waals surface area contributed by atoms with Crippen LogP contribution in [0.1, 0.15) is 11.1 Å². The van der Waals surface area contributed by atoms with E-state index < -0.39 is 0 Å². The van der Waals surface area contributed by atoms with E-state index in [0.29, 0.717) is 0 Å². The van der Waals surface area contributed by atoms with Crippen molar-refractivity contribution in [3.63, 3.8) is 0 Å². The number of benzene rings is 1. The molecule has 0 saturated heterocycles. The van der Waals surface area contributed by atoms with E-state index in [9.17, 15) is 0 Å². The first-order chi connectivity index (χ1) is 5.83. The first kappa shape index (κ1) is 8.72. The van der Waals surface area contributed by atoms with Gasteiger partial charge < -0.3 is 5.41 Å². The highest BCUT2D eigenvalue weighted by Gasteiger charge is 1.88. The van der Waals surface area contributed by atoms with Gasteiger partial charge in [0.1, 0.15) is 0 Å². The smallest absolute Gasteiger partial charge is 0.0174 e. The van der Waals surface area contributed by atoms with Crippen LogP contribution >= 0.6 is 0 Å². The van der Waals surface area contributed by atoms with E-state index in [1.165, 1.54) is 17.3 Å². The zero-order chi connectivity index (χ0) is 8.81. The minimum atomic E-state index is 0.914. The van der Waals surface area contributed by atoms with Crippen molar-refractivity contribution in [2.24, 2.45) is 0 Å². The van der Waals surface area contributed by atoms with Crippen LogP contribution in [-0.2, 0) is 6.42 Å². The second-order valence-electron chi connectivity index (χ2n) is 2.79. The third-order valence-corrected chi connectivity index (χ3v) is 1.67. The van der Waals surface area contributed by atoms with Crippen molar-refractivity contribution in [2.75, 3.05) is 0 Å². The summed E-state index contributed by atoms with van der Waals surface area (Å²) in [6.07, 6.45) is 5.96. The molecular formula is C11H13N. The summed E-state index contributed by atoms with van der Waals surface area (Å²) in [5.41, 5.74) is 2.59. The van der Waals surface area contributed by atoms with Gasteiger partial charge in [0.2, 0.25) is 0 Å². The lowest BCUT2D eigenvalue weighted by atomic mass is 10.1. The third kappa shape index (κ3) is 2.70. The normalized spacial score (nSPS) is 10.4. The molecule has 0 aliphatic carbocycles. The average molecular weight is 159 g/mol. The van der Waals surface area contributed by atoms with Crippen molar-refractivity contribution in [2.45, 2.75) is 13.3 Å². The van der Waals surface area contributed by atoms with Crippen molar-refractivity contribution < 1.29 is 0 Å². The van der Waals surface area contributed by atoms with Crippen molar-refractivity contribution in [1.29, 1.82) is 5.41 Å². The summed E-state index contributed by atoms with van der Waals surface area (Å²) >= 11 is 0. The van der Waals surface area contributed by atoms with Crippen LogP contribution in [0.2, 0.25) is 0 Å². The molecule has 0 radical (unpaired) electrons. The zero-order valence-corrected chi connectivity index (χ0v) is 7.25. The van der Waals surface area contributed by atoms with E-state index in [1.54, 1.807) is 6.08 Å². The summed E-state index contributed by atoms with van der Waals surface area (Å²) < 4.78 is 0. The van der Waals surface area contributed by atoms with E-state index >= 15 is 0 Å². The summed E-state index contributed by atoms with van der Waals surface area (Å²) in [6, 6.07) is 8.41. The minimum Gasteiger partial charge on any atom is -0.309 e. The Morgan fingerprint density at radius 2 is 2.25 bits per heavy atom. The molecule has 0 saturated carbocycles. The highest BCUT2D eigenvalue weighted by molar-refractivity contribution is 5.67. The summed E-state index contributed by atoms with van der Waals surface area (Å²) in [6.45, 7) is 2.09. The largest absolute Gasteiger partial charge is 0.309 e. The molecule has 0 aliphatic heterocycles. The Hall–Kier alpha value is -1.37. The van der Waals surface area contributed by atoms with E-state index in [4.69, 9.17) is 5.41 Å². The molecule has 0 fully saturated rings.